The lowest BCUT2D eigenvalue weighted by Gasteiger charge is -2.07. The van der Waals surface area contributed by atoms with Crippen molar-refractivity contribution in [2.24, 2.45) is 0 Å². The summed E-state index contributed by atoms with van der Waals surface area (Å²) in [7, 11) is 0. The summed E-state index contributed by atoms with van der Waals surface area (Å²) < 4.78 is 5.58. The molecule has 0 fully saturated rings. The standard InChI is InChI=1S/C13H13ClN2O/c14-11-8-10(13(15)16-9-11)6-7-17-12-4-2-1-3-5-12/h1-5,8-9H,6-7H2,(H2,15,16). The van der Waals surface area contributed by atoms with Crippen LogP contribution in [0.2, 0.25) is 5.02 Å². The monoisotopic (exact) mass is 248 g/mol. The van der Waals surface area contributed by atoms with E-state index in [-0.39, 0.29) is 0 Å². The lowest BCUT2D eigenvalue weighted by molar-refractivity contribution is 0.322. The van der Waals surface area contributed by atoms with E-state index in [1.807, 2.05) is 36.4 Å². The van der Waals surface area contributed by atoms with Crippen LogP contribution in [0.15, 0.2) is 42.6 Å². The number of nitrogen functional groups attached to an aromatic ring is 1. The highest BCUT2D eigenvalue weighted by molar-refractivity contribution is 6.30. The lowest BCUT2D eigenvalue weighted by atomic mass is 10.2. The smallest absolute Gasteiger partial charge is 0.126 e. The van der Waals surface area contributed by atoms with Crippen LogP contribution in [0.4, 0.5) is 5.82 Å². The normalized spacial score (nSPS) is 10.2. The second-order valence-electron chi connectivity index (χ2n) is 3.61. The number of halogens is 1. The van der Waals surface area contributed by atoms with Crippen LogP contribution in [0.1, 0.15) is 5.56 Å². The second-order valence-corrected chi connectivity index (χ2v) is 4.05. The van der Waals surface area contributed by atoms with Crippen molar-refractivity contribution in [2.45, 2.75) is 6.42 Å². The van der Waals surface area contributed by atoms with Gasteiger partial charge in [-0.05, 0) is 23.8 Å². The minimum atomic E-state index is 0.506. The molecule has 0 saturated heterocycles. The number of nitrogens with two attached hydrogens (primary N) is 1. The Morgan fingerprint density at radius 2 is 2.00 bits per heavy atom. The van der Waals surface area contributed by atoms with Crippen LogP contribution in [0.3, 0.4) is 0 Å². The number of para-hydroxylation sites is 1. The Labute approximate surface area is 105 Å². The molecule has 1 aromatic heterocycles. The van der Waals surface area contributed by atoms with E-state index in [1.54, 1.807) is 6.20 Å². The zero-order valence-electron chi connectivity index (χ0n) is 9.27. The minimum Gasteiger partial charge on any atom is -0.493 e. The summed E-state index contributed by atoms with van der Waals surface area (Å²) >= 11 is 5.85. The van der Waals surface area contributed by atoms with Crippen molar-refractivity contribution in [3.8, 4) is 5.75 Å². The zero-order chi connectivity index (χ0) is 12.1. The number of anilines is 1. The first-order valence-corrected chi connectivity index (χ1v) is 5.71. The molecule has 0 aliphatic rings. The van der Waals surface area contributed by atoms with Gasteiger partial charge in [-0.1, -0.05) is 29.8 Å². The first kappa shape index (κ1) is 11.7. The maximum Gasteiger partial charge on any atom is 0.126 e. The Morgan fingerprint density at radius 1 is 1.24 bits per heavy atom. The Hall–Kier alpha value is -1.74. The molecule has 88 valence electrons. The van der Waals surface area contributed by atoms with Gasteiger partial charge in [-0.2, -0.15) is 0 Å². The molecular weight excluding hydrogens is 236 g/mol. The third-order valence-corrected chi connectivity index (χ3v) is 2.56. The molecule has 17 heavy (non-hydrogen) atoms. The summed E-state index contributed by atoms with van der Waals surface area (Å²) in [6, 6.07) is 11.5. The number of pyridine rings is 1. The predicted octanol–water partition coefficient (Wildman–Crippen LogP) is 2.94. The van der Waals surface area contributed by atoms with Crippen LogP contribution in [-0.4, -0.2) is 11.6 Å². The minimum absolute atomic E-state index is 0.506. The summed E-state index contributed by atoms with van der Waals surface area (Å²) in [4.78, 5) is 3.99. The highest BCUT2D eigenvalue weighted by Gasteiger charge is 2.02. The van der Waals surface area contributed by atoms with Gasteiger partial charge in [-0.25, -0.2) is 4.98 Å². The van der Waals surface area contributed by atoms with E-state index in [9.17, 15) is 0 Å². The van der Waals surface area contributed by atoms with Crippen LogP contribution in [0.25, 0.3) is 0 Å². The van der Waals surface area contributed by atoms with Gasteiger partial charge < -0.3 is 10.5 Å². The molecule has 3 nitrogen and oxygen atoms in total. The predicted molar refractivity (Wildman–Crippen MR) is 69.3 cm³/mol. The average Bonchev–Trinajstić information content (AvgIpc) is 2.35. The van der Waals surface area contributed by atoms with Gasteiger partial charge in [-0.3, -0.25) is 0 Å². The molecule has 0 bridgehead atoms. The molecule has 0 unspecified atom stereocenters. The van der Waals surface area contributed by atoms with Crippen LogP contribution in [0.5, 0.6) is 5.75 Å². The molecule has 0 atom stereocenters. The maximum absolute atomic E-state index is 5.85. The van der Waals surface area contributed by atoms with Crippen molar-refractivity contribution in [1.82, 2.24) is 4.98 Å². The highest BCUT2D eigenvalue weighted by atomic mass is 35.5. The van der Waals surface area contributed by atoms with E-state index >= 15 is 0 Å². The van der Waals surface area contributed by atoms with E-state index in [1.165, 1.54) is 0 Å². The molecule has 0 saturated carbocycles. The van der Waals surface area contributed by atoms with Crippen molar-refractivity contribution in [2.75, 3.05) is 12.3 Å². The first-order valence-electron chi connectivity index (χ1n) is 5.33. The summed E-state index contributed by atoms with van der Waals surface area (Å²) in [6.07, 6.45) is 2.23. The van der Waals surface area contributed by atoms with Gasteiger partial charge in [0.1, 0.15) is 11.6 Å². The number of nitrogens with zero attached hydrogens (tertiary/aromatic N) is 1. The summed E-state index contributed by atoms with van der Waals surface area (Å²) in [6.45, 7) is 0.552. The SMILES string of the molecule is Nc1ncc(Cl)cc1CCOc1ccccc1. The molecule has 2 N–H and O–H groups in total. The Morgan fingerprint density at radius 3 is 2.76 bits per heavy atom. The van der Waals surface area contributed by atoms with E-state index < -0.39 is 0 Å². The molecule has 0 spiro atoms. The van der Waals surface area contributed by atoms with Crippen LogP contribution < -0.4 is 10.5 Å². The topological polar surface area (TPSA) is 48.1 Å². The molecule has 2 aromatic rings. The Kier molecular flexibility index (Phi) is 3.83. The Balaban J connectivity index is 1.92. The zero-order valence-corrected chi connectivity index (χ0v) is 10.0. The molecule has 4 heteroatoms. The number of benzene rings is 1. The van der Waals surface area contributed by atoms with Gasteiger partial charge in [0.25, 0.3) is 0 Å². The molecular formula is C13H13ClN2O. The highest BCUT2D eigenvalue weighted by Crippen LogP contribution is 2.16. The molecule has 1 aromatic carbocycles. The lowest BCUT2D eigenvalue weighted by Crippen LogP contribution is -2.05. The fraction of sp³-hybridized carbons (Fsp3) is 0.154. The molecule has 0 amide bonds. The van der Waals surface area contributed by atoms with Crippen molar-refractivity contribution < 1.29 is 4.74 Å². The van der Waals surface area contributed by atoms with Gasteiger partial charge in [0.05, 0.1) is 11.6 Å². The molecule has 0 radical (unpaired) electrons. The number of hydrogen-bond donors (Lipinski definition) is 1. The van der Waals surface area contributed by atoms with Crippen molar-refractivity contribution in [3.05, 3.63) is 53.2 Å². The van der Waals surface area contributed by atoms with E-state index in [2.05, 4.69) is 4.98 Å². The number of aromatic nitrogens is 1. The number of hydrogen-bond acceptors (Lipinski definition) is 3. The quantitative estimate of drug-likeness (QED) is 0.905. The number of rotatable bonds is 4. The van der Waals surface area contributed by atoms with Crippen LogP contribution in [-0.2, 0) is 6.42 Å². The first-order chi connectivity index (χ1) is 8.25. The van der Waals surface area contributed by atoms with Crippen molar-refractivity contribution in [1.29, 1.82) is 0 Å². The van der Waals surface area contributed by atoms with Crippen LogP contribution >= 0.6 is 11.6 Å². The number of ether oxygens (including phenoxy) is 1. The largest absolute Gasteiger partial charge is 0.493 e. The maximum atomic E-state index is 5.85. The van der Waals surface area contributed by atoms with Crippen molar-refractivity contribution in [3.63, 3.8) is 0 Å². The molecule has 0 aliphatic heterocycles. The van der Waals surface area contributed by atoms with Gasteiger partial charge in [-0.15, -0.1) is 0 Å². The third kappa shape index (κ3) is 3.36. The van der Waals surface area contributed by atoms with E-state index in [4.69, 9.17) is 22.1 Å². The molecule has 2 rings (SSSR count). The van der Waals surface area contributed by atoms with Gasteiger partial charge in [0, 0.05) is 12.6 Å². The van der Waals surface area contributed by atoms with Gasteiger partial charge in [0.15, 0.2) is 0 Å². The average molecular weight is 249 g/mol. The van der Waals surface area contributed by atoms with Gasteiger partial charge >= 0.3 is 0 Å². The van der Waals surface area contributed by atoms with E-state index in [0.717, 1.165) is 11.3 Å². The molecule has 1 heterocycles. The van der Waals surface area contributed by atoms with Crippen molar-refractivity contribution >= 4 is 17.4 Å². The third-order valence-electron chi connectivity index (χ3n) is 2.35. The summed E-state index contributed by atoms with van der Waals surface area (Å²) in [5.74, 6) is 1.35. The Bertz CT molecular complexity index is 488. The fourth-order valence-corrected chi connectivity index (χ4v) is 1.67. The molecule has 0 aliphatic carbocycles. The second kappa shape index (κ2) is 5.55. The summed E-state index contributed by atoms with van der Waals surface area (Å²) in [5.41, 5.74) is 6.65. The fourth-order valence-electron chi connectivity index (χ4n) is 1.49. The van der Waals surface area contributed by atoms with Crippen LogP contribution in [0, 0.1) is 0 Å². The summed E-state index contributed by atoms with van der Waals surface area (Å²) in [5, 5.41) is 0.592. The van der Waals surface area contributed by atoms with E-state index in [0.29, 0.717) is 23.9 Å². The van der Waals surface area contributed by atoms with Gasteiger partial charge in [0.2, 0.25) is 0 Å².